The third-order valence-electron chi connectivity index (χ3n) is 3.55. The molecule has 1 aliphatic carbocycles. The lowest BCUT2D eigenvalue weighted by Gasteiger charge is -2.24. The second kappa shape index (κ2) is 5.03. The van der Waals surface area contributed by atoms with Gasteiger partial charge in [-0.1, -0.05) is 31.8 Å². The van der Waals surface area contributed by atoms with Gasteiger partial charge in [-0.25, -0.2) is 4.79 Å². The molecular formula is C13H18N2O4. The second-order valence-corrected chi connectivity index (χ2v) is 5.32. The average molecular weight is 266 g/mol. The summed E-state index contributed by atoms with van der Waals surface area (Å²) in [5.41, 5.74) is -1.01. The fourth-order valence-electron chi connectivity index (χ4n) is 2.32. The summed E-state index contributed by atoms with van der Waals surface area (Å²) in [4.78, 5) is 23.4. The molecule has 1 aliphatic rings. The Labute approximate surface area is 111 Å². The van der Waals surface area contributed by atoms with Gasteiger partial charge in [0, 0.05) is 12.0 Å². The summed E-state index contributed by atoms with van der Waals surface area (Å²) >= 11 is 0. The van der Waals surface area contributed by atoms with Crippen LogP contribution in [0.5, 0.6) is 0 Å². The van der Waals surface area contributed by atoms with Crippen LogP contribution in [0, 0.1) is 0 Å². The van der Waals surface area contributed by atoms with Gasteiger partial charge in [-0.2, -0.15) is 0 Å². The highest BCUT2D eigenvalue weighted by molar-refractivity contribution is 5.96. The normalized spacial score (nSPS) is 17.6. The lowest BCUT2D eigenvalue weighted by molar-refractivity contribution is -0.144. The number of carbonyl (C=O) groups excluding carboxylic acids is 1. The van der Waals surface area contributed by atoms with Gasteiger partial charge >= 0.3 is 5.97 Å². The quantitative estimate of drug-likeness (QED) is 0.868. The molecule has 6 nitrogen and oxygen atoms in total. The van der Waals surface area contributed by atoms with E-state index in [1.807, 2.05) is 13.8 Å². The zero-order valence-electron chi connectivity index (χ0n) is 11.1. The standard InChI is InChI=1S/C13H18N2O4/c1-8(2)10-7-9(15-19-10)11(16)14-13(12(17)18)5-3-4-6-13/h7-8H,3-6H2,1-2H3,(H,14,16)(H,17,18). The molecule has 0 bridgehead atoms. The number of nitrogens with zero attached hydrogens (tertiary/aromatic N) is 1. The van der Waals surface area contributed by atoms with E-state index >= 15 is 0 Å². The molecule has 0 spiro atoms. The van der Waals surface area contributed by atoms with Crippen LogP contribution in [0.15, 0.2) is 10.6 Å². The summed E-state index contributed by atoms with van der Waals surface area (Å²) in [7, 11) is 0. The summed E-state index contributed by atoms with van der Waals surface area (Å²) in [5, 5.41) is 15.6. The molecule has 104 valence electrons. The first kappa shape index (κ1) is 13.6. The van der Waals surface area contributed by atoms with Gasteiger partial charge in [-0.15, -0.1) is 0 Å². The van der Waals surface area contributed by atoms with Gasteiger partial charge in [0.05, 0.1) is 0 Å². The molecule has 2 N–H and O–H groups in total. The van der Waals surface area contributed by atoms with Crippen molar-refractivity contribution in [3.05, 3.63) is 17.5 Å². The van der Waals surface area contributed by atoms with Crippen molar-refractivity contribution in [3.63, 3.8) is 0 Å². The van der Waals surface area contributed by atoms with Gasteiger partial charge in [-0.3, -0.25) is 4.79 Å². The molecule has 1 fully saturated rings. The maximum Gasteiger partial charge on any atom is 0.329 e. The van der Waals surface area contributed by atoms with E-state index in [1.165, 1.54) is 0 Å². The molecule has 0 unspecified atom stereocenters. The Morgan fingerprint density at radius 3 is 2.53 bits per heavy atom. The van der Waals surface area contributed by atoms with Gasteiger partial charge in [0.1, 0.15) is 11.3 Å². The Morgan fingerprint density at radius 2 is 2.05 bits per heavy atom. The van der Waals surface area contributed by atoms with Crippen molar-refractivity contribution in [1.82, 2.24) is 10.5 Å². The smallest absolute Gasteiger partial charge is 0.329 e. The SMILES string of the molecule is CC(C)c1cc(C(=O)NC2(C(=O)O)CCCC2)no1. The van der Waals surface area contributed by atoms with Crippen LogP contribution in [0.3, 0.4) is 0 Å². The molecule has 0 saturated heterocycles. The predicted molar refractivity (Wildman–Crippen MR) is 66.9 cm³/mol. The molecule has 0 radical (unpaired) electrons. The highest BCUT2D eigenvalue weighted by atomic mass is 16.5. The zero-order valence-corrected chi connectivity index (χ0v) is 11.1. The lowest BCUT2D eigenvalue weighted by Crippen LogP contribution is -2.52. The Balaban J connectivity index is 2.13. The number of hydrogen-bond donors (Lipinski definition) is 2. The van der Waals surface area contributed by atoms with Crippen LogP contribution in [0.2, 0.25) is 0 Å². The summed E-state index contributed by atoms with van der Waals surface area (Å²) in [6.07, 6.45) is 2.54. The van der Waals surface area contributed by atoms with E-state index in [0.29, 0.717) is 18.6 Å². The van der Waals surface area contributed by atoms with Crippen LogP contribution in [-0.4, -0.2) is 27.7 Å². The van der Waals surface area contributed by atoms with Crippen molar-refractivity contribution in [3.8, 4) is 0 Å². The summed E-state index contributed by atoms with van der Waals surface area (Å²) in [6.45, 7) is 3.86. The second-order valence-electron chi connectivity index (χ2n) is 5.32. The van der Waals surface area contributed by atoms with Crippen LogP contribution in [-0.2, 0) is 4.79 Å². The van der Waals surface area contributed by atoms with Gasteiger partial charge in [-0.05, 0) is 12.8 Å². The summed E-state index contributed by atoms with van der Waals surface area (Å²) in [5.74, 6) is -0.721. The number of rotatable bonds is 4. The molecule has 0 aromatic carbocycles. The number of nitrogens with one attached hydrogen (secondary N) is 1. The van der Waals surface area contributed by atoms with E-state index in [1.54, 1.807) is 6.07 Å². The first-order valence-corrected chi connectivity index (χ1v) is 6.47. The number of aliphatic carboxylic acids is 1. The van der Waals surface area contributed by atoms with E-state index in [2.05, 4.69) is 10.5 Å². The molecule has 1 amide bonds. The Bertz CT molecular complexity index is 487. The van der Waals surface area contributed by atoms with Crippen molar-refractivity contribution in [2.45, 2.75) is 51.0 Å². The molecule has 0 aliphatic heterocycles. The number of hydrogen-bond acceptors (Lipinski definition) is 4. The van der Waals surface area contributed by atoms with Crippen LogP contribution in [0.4, 0.5) is 0 Å². The van der Waals surface area contributed by atoms with Crippen molar-refractivity contribution < 1.29 is 19.2 Å². The molecule has 1 aromatic rings. The minimum Gasteiger partial charge on any atom is -0.480 e. The topological polar surface area (TPSA) is 92.4 Å². The number of carboxylic acid groups (broad SMARTS) is 1. The average Bonchev–Trinajstić information content (AvgIpc) is 2.97. The van der Waals surface area contributed by atoms with Crippen LogP contribution in [0.1, 0.15) is 61.7 Å². The Hall–Kier alpha value is -1.85. The third kappa shape index (κ3) is 2.62. The predicted octanol–water partition coefficient (Wildman–Crippen LogP) is 1.93. The number of carbonyl (C=O) groups is 2. The van der Waals surface area contributed by atoms with Crippen molar-refractivity contribution in [2.24, 2.45) is 0 Å². The van der Waals surface area contributed by atoms with Crippen molar-refractivity contribution in [1.29, 1.82) is 0 Å². The highest BCUT2D eigenvalue weighted by Crippen LogP contribution is 2.30. The maximum absolute atomic E-state index is 12.0. The van der Waals surface area contributed by atoms with Crippen molar-refractivity contribution >= 4 is 11.9 Å². The first-order chi connectivity index (χ1) is 8.94. The molecule has 1 aromatic heterocycles. The van der Waals surface area contributed by atoms with E-state index in [4.69, 9.17) is 4.52 Å². The Kier molecular flexibility index (Phi) is 3.59. The fourth-order valence-corrected chi connectivity index (χ4v) is 2.32. The van der Waals surface area contributed by atoms with Gasteiger partial charge in [0.15, 0.2) is 5.69 Å². The zero-order chi connectivity index (χ0) is 14.0. The van der Waals surface area contributed by atoms with Gasteiger partial charge in [0.25, 0.3) is 5.91 Å². The van der Waals surface area contributed by atoms with E-state index < -0.39 is 17.4 Å². The summed E-state index contributed by atoms with van der Waals surface area (Å²) < 4.78 is 5.05. The van der Waals surface area contributed by atoms with Gasteiger partial charge in [0.2, 0.25) is 0 Å². The number of carboxylic acids is 1. The van der Waals surface area contributed by atoms with Gasteiger partial charge < -0.3 is 14.9 Å². The lowest BCUT2D eigenvalue weighted by atomic mass is 9.97. The number of aromatic nitrogens is 1. The molecular weight excluding hydrogens is 248 g/mol. The van der Waals surface area contributed by atoms with E-state index in [-0.39, 0.29) is 11.6 Å². The molecule has 0 atom stereocenters. The Morgan fingerprint density at radius 1 is 1.42 bits per heavy atom. The summed E-state index contributed by atoms with van der Waals surface area (Å²) in [6, 6.07) is 1.56. The van der Waals surface area contributed by atoms with E-state index in [9.17, 15) is 14.7 Å². The molecule has 1 heterocycles. The fraction of sp³-hybridized carbons (Fsp3) is 0.615. The molecule has 6 heteroatoms. The molecule has 1 saturated carbocycles. The molecule has 19 heavy (non-hydrogen) atoms. The minimum absolute atomic E-state index is 0.133. The van der Waals surface area contributed by atoms with E-state index in [0.717, 1.165) is 12.8 Å². The third-order valence-corrected chi connectivity index (χ3v) is 3.55. The minimum atomic E-state index is -1.14. The molecule has 2 rings (SSSR count). The number of amides is 1. The van der Waals surface area contributed by atoms with Crippen molar-refractivity contribution in [2.75, 3.05) is 0 Å². The monoisotopic (exact) mass is 266 g/mol. The van der Waals surface area contributed by atoms with Crippen LogP contribution >= 0.6 is 0 Å². The maximum atomic E-state index is 12.0. The largest absolute Gasteiger partial charge is 0.480 e. The highest BCUT2D eigenvalue weighted by Gasteiger charge is 2.43. The van der Waals surface area contributed by atoms with Crippen LogP contribution in [0.25, 0.3) is 0 Å². The first-order valence-electron chi connectivity index (χ1n) is 6.47. The van der Waals surface area contributed by atoms with Crippen LogP contribution < -0.4 is 5.32 Å².